The van der Waals surface area contributed by atoms with E-state index in [1.54, 1.807) is 18.3 Å². The van der Waals surface area contributed by atoms with E-state index < -0.39 is 0 Å². The minimum atomic E-state index is -0.318. The number of para-hydroxylation sites is 1. The van der Waals surface area contributed by atoms with Crippen molar-refractivity contribution in [2.24, 2.45) is 0 Å². The van der Waals surface area contributed by atoms with Gasteiger partial charge in [-0.2, -0.15) is 0 Å². The maximum Gasteiger partial charge on any atom is 0.274 e. The van der Waals surface area contributed by atoms with E-state index in [0.29, 0.717) is 30.2 Å². The van der Waals surface area contributed by atoms with Crippen molar-refractivity contribution in [1.82, 2.24) is 10.3 Å². The van der Waals surface area contributed by atoms with E-state index in [1.165, 1.54) is 0 Å². The Morgan fingerprint density at radius 1 is 1.04 bits per heavy atom. The van der Waals surface area contributed by atoms with Crippen LogP contribution in [0.1, 0.15) is 16.1 Å². The second kappa shape index (κ2) is 8.93. The van der Waals surface area contributed by atoms with Gasteiger partial charge in [0, 0.05) is 24.8 Å². The lowest BCUT2D eigenvalue weighted by Gasteiger charge is -2.12. The highest BCUT2D eigenvalue weighted by Gasteiger charge is 2.12. The third kappa shape index (κ3) is 4.69. The highest BCUT2D eigenvalue weighted by atomic mass is 16.3. The van der Waals surface area contributed by atoms with Crippen molar-refractivity contribution in [3.63, 3.8) is 0 Å². The Hall–Kier alpha value is -3.22. The third-order valence-electron chi connectivity index (χ3n) is 4.11. The fourth-order valence-corrected chi connectivity index (χ4v) is 2.71. The molecule has 0 spiro atoms. The molecule has 0 radical (unpaired) electrons. The molecule has 1 amide bonds. The Labute approximate surface area is 158 Å². The molecular formula is C21H22N4O2. The number of amides is 1. The van der Waals surface area contributed by atoms with Crippen molar-refractivity contribution in [2.75, 3.05) is 24.2 Å². The largest absolute Gasteiger partial charge is 0.397 e. The summed E-state index contributed by atoms with van der Waals surface area (Å²) in [7, 11) is 0. The summed E-state index contributed by atoms with van der Waals surface area (Å²) in [5.74, 6) is -0.318. The molecule has 0 bridgehead atoms. The van der Waals surface area contributed by atoms with Crippen LogP contribution in [-0.4, -0.2) is 29.1 Å². The summed E-state index contributed by atoms with van der Waals surface area (Å²) in [4.78, 5) is 16.7. The van der Waals surface area contributed by atoms with Gasteiger partial charge in [0.15, 0.2) is 0 Å². The van der Waals surface area contributed by atoms with Crippen LogP contribution in [0, 0.1) is 0 Å². The van der Waals surface area contributed by atoms with Crippen molar-refractivity contribution >= 4 is 17.3 Å². The molecule has 2 aromatic carbocycles. The lowest BCUT2D eigenvalue weighted by atomic mass is 10.0. The van der Waals surface area contributed by atoms with E-state index >= 15 is 0 Å². The summed E-state index contributed by atoms with van der Waals surface area (Å²) in [5, 5.41) is 14.7. The number of aliphatic hydroxyl groups is 1. The zero-order chi connectivity index (χ0) is 19.1. The number of nitrogens with two attached hydrogens (primary N) is 1. The Morgan fingerprint density at radius 2 is 1.85 bits per heavy atom. The van der Waals surface area contributed by atoms with Gasteiger partial charge in [-0.15, -0.1) is 0 Å². The smallest absolute Gasteiger partial charge is 0.274 e. The molecule has 0 aliphatic carbocycles. The van der Waals surface area contributed by atoms with E-state index in [2.05, 4.69) is 15.6 Å². The van der Waals surface area contributed by atoms with Crippen LogP contribution in [0.5, 0.6) is 0 Å². The van der Waals surface area contributed by atoms with Crippen LogP contribution in [-0.2, 0) is 6.54 Å². The highest BCUT2D eigenvalue weighted by molar-refractivity contribution is 6.05. The van der Waals surface area contributed by atoms with Crippen molar-refractivity contribution in [3.05, 3.63) is 78.1 Å². The van der Waals surface area contributed by atoms with E-state index in [-0.39, 0.29) is 12.5 Å². The van der Waals surface area contributed by atoms with Gasteiger partial charge in [0.1, 0.15) is 5.69 Å². The summed E-state index contributed by atoms with van der Waals surface area (Å²) >= 11 is 0. The molecule has 0 saturated heterocycles. The first-order valence-corrected chi connectivity index (χ1v) is 8.71. The van der Waals surface area contributed by atoms with Crippen molar-refractivity contribution in [1.29, 1.82) is 0 Å². The molecule has 5 N–H and O–H groups in total. The molecule has 6 heteroatoms. The first-order valence-electron chi connectivity index (χ1n) is 8.71. The fraction of sp³-hybridized carbons (Fsp3) is 0.143. The van der Waals surface area contributed by atoms with E-state index in [1.807, 2.05) is 48.5 Å². The Bertz CT molecular complexity index is 896. The van der Waals surface area contributed by atoms with Gasteiger partial charge in [-0.25, -0.2) is 0 Å². The van der Waals surface area contributed by atoms with Gasteiger partial charge < -0.3 is 21.5 Å². The van der Waals surface area contributed by atoms with Crippen LogP contribution in [0.15, 0.2) is 66.9 Å². The van der Waals surface area contributed by atoms with Gasteiger partial charge in [-0.1, -0.05) is 48.5 Å². The number of rotatable bonds is 7. The predicted octanol–water partition coefficient (Wildman–Crippen LogP) is 2.67. The standard InChI is InChI=1S/C21H22N4O2/c22-20-17(16-5-2-1-3-6-16)7-4-8-18(20)25-21(27)19-10-9-15(14-24-19)13-23-11-12-26/h1-10,14,23,26H,11-13,22H2,(H,25,27). The molecule has 0 atom stereocenters. The van der Waals surface area contributed by atoms with Gasteiger partial charge in [0.25, 0.3) is 5.91 Å². The van der Waals surface area contributed by atoms with Crippen LogP contribution in [0.25, 0.3) is 11.1 Å². The Kier molecular flexibility index (Phi) is 6.14. The van der Waals surface area contributed by atoms with Gasteiger partial charge in [-0.05, 0) is 23.3 Å². The molecule has 0 aliphatic heterocycles. The number of carbonyl (C=O) groups is 1. The van der Waals surface area contributed by atoms with Crippen LogP contribution >= 0.6 is 0 Å². The van der Waals surface area contributed by atoms with Crippen molar-refractivity contribution in [2.45, 2.75) is 6.54 Å². The van der Waals surface area contributed by atoms with Gasteiger partial charge in [-0.3, -0.25) is 9.78 Å². The average molecular weight is 362 g/mol. The molecule has 138 valence electrons. The quantitative estimate of drug-likeness (QED) is 0.382. The number of hydrogen-bond acceptors (Lipinski definition) is 5. The molecule has 27 heavy (non-hydrogen) atoms. The van der Waals surface area contributed by atoms with E-state index in [9.17, 15) is 4.79 Å². The van der Waals surface area contributed by atoms with Crippen LogP contribution in [0.2, 0.25) is 0 Å². The first kappa shape index (κ1) is 18.6. The van der Waals surface area contributed by atoms with Gasteiger partial charge >= 0.3 is 0 Å². The lowest BCUT2D eigenvalue weighted by Crippen LogP contribution is -2.18. The minimum Gasteiger partial charge on any atom is -0.397 e. The minimum absolute atomic E-state index is 0.0807. The first-order chi connectivity index (χ1) is 13.2. The zero-order valence-corrected chi connectivity index (χ0v) is 14.9. The maximum atomic E-state index is 12.5. The van der Waals surface area contributed by atoms with E-state index in [4.69, 9.17) is 10.8 Å². The number of benzene rings is 2. The van der Waals surface area contributed by atoms with Crippen molar-refractivity contribution in [3.8, 4) is 11.1 Å². The van der Waals surface area contributed by atoms with Crippen LogP contribution < -0.4 is 16.4 Å². The number of anilines is 2. The normalized spacial score (nSPS) is 10.6. The van der Waals surface area contributed by atoms with Crippen LogP contribution in [0.3, 0.4) is 0 Å². The topological polar surface area (TPSA) is 100 Å². The number of nitrogens with one attached hydrogen (secondary N) is 2. The summed E-state index contributed by atoms with van der Waals surface area (Å²) in [6.07, 6.45) is 1.64. The second-order valence-corrected chi connectivity index (χ2v) is 6.04. The molecule has 0 saturated carbocycles. The molecule has 0 fully saturated rings. The fourth-order valence-electron chi connectivity index (χ4n) is 2.71. The third-order valence-corrected chi connectivity index (χ3v) is 4.11. The lowest BCUT2D eigenvalue weighted by molar-refractivity contribution is 0.102. The summed E-state index contributed by atoms with van der Waals surface area (Å²) in [5.41, 5.74) is 10.4. The number of carbonyl (C=O) groups excluding carboxylic acids is 1. The number of nitrogens with zero attached hydrogens (tertiary/aromatic N) is 1. The second-order valence-electron chi connectivity index (χ2n) is 6.04. The summed E-state index contributed by atoms with van der Waals surface area (Å²) < 4.78 is 0. The van der Waals surface area contributed by atoms with Crippen molar-refractivity contribution < 1.29 is 9.90 Å². The number of aliphatic hydroxyl groups excluding tert-OH is 1. The Balaban J connectivity index is 1.73. The zero-order valence-electron chi connectivity index (χ0n) is 14.9. The number of hydrogen-bond donors (Lipinski definition) is 4. The molecule has 6 nitrogen and oxygen atoms in total. The molecule has 3 rings (SSSR count). The summed E-state index contributed by atoms with van der Waals surface area (Å²) in [6, 6.07) is 18.8. The summed E-state index contributed by atoms with van der Waals surface area (Å²) in [6.45, 7) is 1.18. The predicted molar refractivity (Wildman–Crippen MR) is 107 cm³/mol. The van der Waals surface area contributed by atoms with E-state index in [0.717, 1.165) is 16.7 Å². The SMILES string of the molecule is Nc1c(NC(=O)c2ccc(CNCCO)cn2)cccc1-c1ccccc1. The maximum absolute atomic E-state index is 12.5. The Morgan fingerprint density at radius 3 is 2.56 bits per heavy atom. The molecule has 0 unspecified atom stereocenters. The van der Waals surface area contributed by atoms with Gasteiger partial charge in [0.05, 0.1) is 18.0 Å². The number of aromatic nitrogens is 1. The molecule has 0 aliphatic rings. The van der Waals surface area contributed by atoms with Crippen LogP contribution in [0.4, 0.5) is 11.4 Å². The average Bonchev–Trinajstić information content (AvgIpc) is 2.71. The highest BCUT2D eigenvalue weighted by Crippen LogP contribution is 2.31. The molecule has 1 heterocycles. The van der Waals surface area contributed by atoms with Gasteiger partial charge in [0.2, 0.25) is 0 Å². The monoisotopic (exact) mass is 362 g/mol. The number of nitrogen functional groups attached to an aromatic ring is 1. The molecule has 3 aromatic rings. The molecular weight excluding hydrogens is 340 g/mol. The number of pyridine rings is 1. The molecule has 1 aromatic heterocycles.